The van der Waals surface area contributed by atoms with Crippen molar-refractivity contribution in [3.8, 4) is 5.75 Å². The molecule has 0 spiro atoms. The molecule has 0 N–H and O–H groups in total. The summed E-state index contributed by atoms with van der Waals surface area (Å²) < 4.78 is 31.4. The highest BCUT2D eigenvalue weighted by Crippen LogP contribution is 2.33. The molecule has 6 heteroatoms. The maximum Gasteiger partial charge on any atom is 0.217 e. The largest absolute Gasteiger partial charge is 0.489 e. The second kappa shape index (κ2) is 4.51. The molecule has 0 radical (unpaired) electrons. The minimum absolute atomic E-state index is 0.0408. The number of rotatable bonds is 4. The first-order valence-electron chi connectivity index (χ1n) is 6.22. The monoisotopic (exact) mass is 268 g/mol. The smallest absolute Gasteiger partial charge is 0.217 e. The molecule has 1 aromatic rings. The van der Waals surface area contributed by atoms with Crippen molar-refractivity contribution in [3.63, 3.8) is 0 Å². The molecule has 0 bridgehead atoms. The van der Waals surface area contributed by atoms with E-state index in [1.54, 1.807) is 28.8 Å². The van der Waals surface area contributed by atoms with Gasteiger partial charge in [0.25, 0.3) is 0 Å². The predicted molar refractivity (Wildman–Crippen MR) is 66.8 cm³/mol. The van der Waals surface area contributed by atoms with Gasteiger partial charge in [0, 0.05) is 18.9 Å². The first-order chi connectivity index (χ1) is 8.66. The minimum atomic E-state index is -3.05. The molecule has 0 aromatic carbocycles. The van der Waals surface area contributed by atoms with Gasteiger partial charge in [-0.1, -0.05) is 0 Å². The van der Waals surface area contributed by atoms with Crippen LogP contribution < -0.4 is 4.74 Å². The van der Waals surface area contributed by atoms with Gasteiger partial charge >= 0.3 is 0 Å². The quantitative estimate of drug-likeness (QED) is 0.818. The van der Waals surface area contributed by atoms with Gasteiger partial charge in [-0.2, -0.15) is 4.31 Å². The highest BCUT2D eigenvalue weighted by atomic mass is 32.2. The first kappa shape index (κ1) is 11.9. The average molecular weight is 268 g/mol. The zero-order chi connectivity index (χ0) is 12.6. The van der Waals surface area contributed by atoms with E-state index in [9.17, 15) is 8.42 Å². The van der Waals surface area contributed by atoms with Gasteiger partial charge < -0.3 is 4.74 Å². The van der Waals surface area contributed by atoms with E-state index in [4.69, 9.17) is 4.74 Å². The fourth-order valence-corrected chi connectivity index (χ4v) is 4.10. The van der Waals surface area contributed by atoms with E-state index in [0.29, 0.717) is 13.1 Å². The zero-order valence-electron chi connectivity index (χ0n) is 10.0. The van der Waals surface area contributed by atoms with Crippen LogP contribution in [-0.4, -0.2) is 42.2 Å². The molecule has 1 unspecified atom stereocenters. The Labute approximate surface area is 107 Å². The van der Waals surface area contributed by atoms with Crippen molar-refractivity contribution >= 4 is 10.0 Å². The van der Waals surface area contributed by atoms with Gasteiger partial charge in [0.2, 0.25) is 10.0 Å². The minimum Gasteiger partial charge on any atom is -0.489 e. The highest BCUT2D eigenvalue weighted by Gasteiger charge is 2.43. The molecule has 1 aromatic heterocycles. The molecule has 3 rings (SSSR count). The van der Waals surface area contributed by atoms with E-state index in [2.05, 4.69) is 4.98 Å². The summed E-state index contributed by atoms with van der Waals surface area (Å²) in [6, 6.07) is 3.58. The molecule has 2 aliphatic rings. The first-order valence-corrected chi connectivity index (χ1v) is 7.72. The fraction of sp³-hybridized carbons (Fsp3) is 0.583. The average Bonchev–Trinajstić information content (AvgIpc) is 3.12. The number of hydrogen-bond acceptors (Lipinski definition) is 4. The van der Waals surface area contributed by atoms with Gasteiger partial charge in [0.1, 0.15) is 11.9 Å². The van der Waals surface area contributed by atoms with Gasteiger partial charge in [0.15, 0.2) is 0 Å². The normalized spacial score (nSPS) is 25.2. The predicted octanol–water partition coefficient (Wildman–Crippen LogP) is 1.03. The lowest BCUT2D eigenvalue weighted by Crippen LogP contribution is -2.33. The van der Waals surface area contributed by atoms with Crippen LogP contribution in [0.15, 0.2) is 24.5 Å². The Balaban J connectivity index is 1.62. The second-order valence-corrected chi connectivity index (χ2v) is 7.03. The van der Waals surface area contributed by atoms with Gasteiger partial charge in [-0.25, -0.2) is 8.42 Å². The van der Waals surface area contributed by atoms with Crippen molar-refractivity contribution < 1.29 is 13.2 Å². The van der Waals surface area contributed by atoms with Crippen LogP contribution in [0.3, 0.4) is 0 Å². The highest BCUT2D eigenvalue weighted by molar-refractivity contribution is 7.90. The van der Waals surface area contributed by atoms with E-state index >= 15 is 0 Å². The van der Waals surface area contributed by atoms with E-state index in [1.807, 2.05) is 0 Å². The van der Waals surface area contributed by atoms with Gasteiger partial charge in [-0.05, 0) is 31.4 Å². The molecule has 5 nitrogen and oxygen atoms in total. The summed E-state index contributed by atoms with van der Waals surface area (Å²) in [5, 5.41) is -0.128. The molecular formula is C12H16N2O3S. The number of aromatic nitrogens is 1. The lowest BCUT2D eigenvalue weighted by atomic mass is 10.3. The SMILES string of the molecule is O=S(=O)(C1CC1)N1CCC(Oc2ccncc2)C1. The molecule has 1 atom stereocenters. The molecule has 0 amide bonds. The van der Waals surface area contributed by atoms with Crippen LogP contribution in [0.1, 0.15) is 19.3 Å². The molecule has 18 heavy (non-hydrogen) atoms. The maximum absolute atomic E-state index is 12.1. The van der Waals surface area contributed by atoms with Gasteiger partial charge in [0.05, 0.1) is 11.8 Å². The van der Waals surface area contributed by atoms with Crippen molar-refractivity contribution in [3.05, 3.63) is 24.5 Å². The van der Waals surface area contributed by atoms with Crippen LogP contribution >= 0.6 is 0 Å². The lowest BCUT2D eigenvalue weighted by molar-refractivity contribution is 0.215. The van der Waals surface area contributed by atoms with Crippen molar-refractivity contribution in [1.29, 1.82) is 0 Å². The summed E-state index contributed by atoms with van der Waals surface area (Å²) in [4.78, 5) is 3.92. The van der Waals surface area contributed by atoms with Crippen LogP contribution in [0, 0.1) is 0 Å². The Bertz CT molecular complexity index is 513. The number of nitrogens with zero attached hydrogens (tertiary/aromatic N) is 2. The molecule has 1 aliphatic carbocycles. The Kier molecular flexibility index (Phi) is 2.99. The third kappa shape index (κ3) is 2.35. The van der Waals surface area contributed by atoms with Gasteiger partial charge in [-0.15, -0.1) is 0 Å². The number of hydrogen-bond donors (Lipinski definition) is 0. The summed E-state index contributed by atoms with van der Waals surface area (Å²) in [5.41, 5.74) is 0. The van der Waals surface area contributed by atoms with Crippen molar-refractivity contribution in [2.75, 3.05) is 13.1 Å². The molecular weight excluding hydrogens is 252 g/mol. The Morgan fingerprint density at radius 2 is 1.94 bits per heavy atom. The lowest BCUT2D eigenvalue weighted by Gasteiger charge is -2.16. The van der Waals surface area contributed by atoms with Gasteiger partial charge in [-0.3, -0.25) is 4.98 Å². The summed E-state index contributed by atoms with van der Waals surface area (Å²) in [6.45, 7) is 1.05. The Morgan fingerprint density at radius 3 is 2.61 bits per heavy atom. The van der Waals surface area contributed by atoms with E-state index < -0.39 is 10.0 Å². The van der Waals surface area contributed by atoms with Crippen LogP contribution in [0.2, 0.25) is 0 Å². The molecule has 2 fully saturated rings. The Morgan fingerprint density at radius 1 is 1.22 bits per heavy atom. The maximum atomic E-state index is 12.1. The summed E-state index contributed by atoms with van der Waals surface area (Å²) in [7, 11) is -3.05. The fourth-order valence-electron chi connectivity index (χ4n) is 2.21. The zero-order valence-corrected chi connectivity index (χ0v) is 10.8. The van der Waals surface area contributed by atoms with E-state index in [1.165, 1.54) is 0 Å². The van der Waals surface area contributed by atoms with E-state index in [-0.39, 0.29) is 11.4 Å². The van der Waals surface area contributed by atoms with Crippen LogP contribution in [0.5, 0.6) is 5.75 Å². The topological polar surface area (TPSA) is 59.5 Å². The summed E-state index contributed by atoms with van der Waals surface area (Å²) in [6.07, 6.45) is 5.69. The Hall–Kier alpha value is -1.14. The number of sulfonamides is 1. The summed E-state index contributed by atoms with van der Waals surface area (Å²) >= 11 is 0. The molecule has 98 valence electrons. The van der Waals surface area contributed by atoms with Crippen molar-refractivity contribution in [2.24, 2.45) is 0 Å². The summed E-state index contributed by atoms with van der Waals surface area (Å²) in [5.74, 6) is 0.751. The van der Waals surface area contributed by atoms with Crippen molar-refractivity contribution in [2.45, 2.75) is 30.6 Å². The number of ether oxygens (including phenoxy) is 1. The van der Waals surface area contributed by atoms with E-state index in [0.717, 1.165) is 25.0 Å². The second-order valence-electron chi connectivity index (χ2n) is 4.81. The van der Waals surface area contributed by atoms with Crippen LogP contribution in [0.4, 0.5) is 0 Å². The molecule has 1 saturated heterocycles. The number of pyridine rings is 1. The standard InChI is InChI=1S/C12H16N2O3S/c15-18(16,12-1-2-12)14-8-5-11(9-14)17-10-3-6-13-7-4-10/h3-4,6-7,11-12H,1-2,5,8-9H2. The van der Waals surface area contributed by atoms with Crippen molar-refractivity contribution in [1.82, 2.24) is 9.29 Å². The molecule has 1 aliphatic heterocycles. The third-order valence-corrected chi connectivity index (χ3v) is 5.73. The van der Waals surface area contributed by atoms with Crippen LogP contribution in [-0.2, 0) is 10.0 Å². The molecule has 1 saturated carbocycles. The van der Waals surface area contributed by atoms with Crippen LogP contribution in [0.25, 0.3) is 0 Å². The molecule has 2 heterocycles. The third-order valence-electron chi connectivity index (χ3n) is 3.37.